The Kier molecular flexibility index (Phi) is 3.76. The fourth-order valence-corrected chi connectivity index (χ4v) is 2.08. The molecule has 0 saturated carbocycles. The van der Waals surface area contributed by atoms with Gasteiger partial charge in [-0.2, -0.15) is 5.10 Å². The van der Waals surface area contributed by atoms with Crippen molar-refractivity contribution < 1.29 is 4.79 Å². The third kappa shape index (κ3) is 3.06. The summed E-state index contributed by atoms with van der Waals surface area (Å²) in [5.41, 5.74) is 8.10. The van der Waals surface area contributed by atoms with Gasteiger partial charge >= 0.3 is 0 Å². The van der Waals surface area contributed by atoms with E-state index in [1.54, 1.807) is 29.1 Å². The van der Waals surface area contributed by atoms with E-state index in [9.17, 15) is 4.79 Å². The molecule has 2 rings (SSSR count). The summed E-state index contributed by atoms with van der Waals surface area (Å²) in [6.07, 6.45) is 2.51. The highest BCUT2D eigenvalue weighted by Crippen LogP contribution is 2.19. The van der Waals surface area contributed by atoms with Crippen molar-refractivity contribution in [3.8, 4) is 0 Å². The lowest BCUT2D eigenvalue weighted by molar-refractivity contribution is 0.102. The molecule has 1 aromatic carbocycles. The average molecular weight is 279 g/mol. The van der Waals surface area contributed by atoms with E-state index in [2.05, 4.69) is 10.4 Å². The molecule has 2 aromatic rings. The second-order valence-electron chi connectivity index (χ2n) is 4.24. The first-order valence-corrected chi connectivity index (χ1v) is 6.27. The smallest absolute Gasteiger partial charge is 0.255 e. The summed E-state index contributed by atoms with van der Waals surface area (Å²) in [6.45, 7) is 1.98. The van der Waals surface area contributed by atoms with Gasteiger partial charge in [-0.25, -0.2) is 0 Å². The number of hydrogen-bond donors (Lipinski definition) is 2. The largest absolute Gasteiger partial charge is 0.399 e. The Morgan fingerprint density at radius 3 is 2.84 bits per heavy atom. The number of nitrogens with one attached hydrogen (secondary N) is 1. The minimum absolute atomic E-state index is 0.253. The van der Waals surface area contributed by atoms with E-state index in [0.29, 0.717) is 22.0 Å². The van der Waals surface area contributed by atoms with Gasteiger partial charge in [-0.3, -0.25) is 9.48 Å². The number of carbonyl (C=O) groups is 1. The molecule has 0 radical (unpaired) electrons. The predicted octanol–water partition coefficient (Wildman–Crippen LogP) is 2.47. The Bertz CT molecular complexity index is 601. The lowest BCUT2D eigenvalue weighted by Gasteiger charge is -2.06. The van der Waals surface area contributed by atoms with E-state index in [4.69, 9.17) is 17.3 Å². The Labute approximate surface area is 116 Å². The zero-order valence-corrected chi connectivity index (χ0v) is 11.5. The van der Waals surface area contributed by atoms with Gasteiger partial charge in [-0.1, -0.05) is 18.5 Å². The van der Waals surface area contributed by atoms with Crippen molar-refractivity contribution in [3.05, 3.63) is 40.7 Å². The van der Waals surface area contributed by atoms with Crippen molar-refractivity contribution in [2.45, 2.75) is 13.3 Å². The highest BCUT2D eigenvalue weighted by atomic mass is 35.5. The number of nitrogens with zero attached hydrogens (tertiary/aromatic N) is 2. The summed E-state index contributed by atoms with van der Waals surface area (Å²) in [5, 5.41) is 7.52. The number of anilines is 2. The molecule has 19 heavy (non-hydrogen) atoms. The molecule has 1 amide bonds. The molecule has 0 fully saturated rings. The van der Waals surface area contributed by atoms with Crippen LogP contribution in [0.4, 0.5) is 11.4 Å². The zero-order valence-electron chi connectivity index (χ0n) is 10.8. The van der Waals surface area contributed by atoms with Crippen LogP contribution in [0.1, 0.15) is 23.0 Å². The maximum Gasteiger partial charge on any atom is 0.255 e. The topological polar surface area (TPSA) is 72.9 Å². The number of benzene rings is 1. The molecular formula is C13H15ClN4O. The van der Waals surface area contributed by atoms with E-state index in [1.807, 2.05) is 14.0 Å². The first kappa shape index (κ1) is 13.4. The molecule has 1 heterocycles. The first-order chi connectivity index (χ1) is 8.99. The van der Waals surface area contributed by atoms with Crippen molar-refractivity contribution in [2.75, 3.05) is 11.1 Å². The summed E-state index contributed by atoms with van der Waals surface area (Å²) in [7, 11) is 1.81. The Hall–Kier alpha value is -2.01. The third-order valence-corrected chi connectivity index (χ3v) is 2.89. The van der Waals surface area contributed by atoms with Crippen LogP contribution in [0.25, 0.3) is 0 Å². The molecule has 0 atom stereocenters. The molecule has 0 aliphatic carbocycles. The van der Waals surface area contributed by atoms with Gasteiger partial charge < -0.3 is 11.1 Å². The maximum atomic E-state index is 12.1. The van der Waals surface area contributed by atoms with Crippen LogP contribution in [0.2, 0.25) is 5.02 Å². The third-order valence-electron chi connectivity index (χ3n) is 2.67. The summed E-state index contributed by atoms with van der Waals surface area (Å²) < 4.78 is 1.67. The molecule has 5 nitrogen and oxygen atoms in total. The quantitative estimate of drug-likeness (QED) is 0.847. The number of nitrogen functional groups attached to an aromatic ring is 1. The van der Waals surface area contributed by atoms with Crippen molar-refractivity contribution in [2.24, 2.45) is 7.05 Å². The SMILES string of the molecule is CCc1nn(C)cc1NC(=O)c1cc(N)cc(Cl)c1. The minimum atomic E-state index is -0.253. The van der Waals surface area contributed by atoms with Crippen molar-refractivity contribution >= 4 is 28.9 Å². The number of aryl methyl sites for hydroxylation is 2. The molecule has 0 spiro atoms. The fourth-order valence-electron chi connectivity index (χ4n) is 1.84. The van der Waals surface area contributed by atoms with Crippen molar-refractivity contribution in [3.63, 3.8) is 0 Å². The lowest BCUT2D eigenvalue weighted by atomic mass is 10.2. The van der Waals surface area contributed by atoms with Crippen LogP contribution in [0, 0.1) is 0 Å². The number of halogens is 1. The molecule has 0 aliphatic heterocycles. The molecule has 0 bridgehead atoms. The minimum Gasteiger partial charge on any atom is -0.399 e. The summed E-state index contributed by atoms with van der Waals surface area (Å²) >= 11 is 5.88. The fraction of sp³-hybridized carbons (Fsp3) is 0.231. The van der Waals surface area contributed by atoms with Crippen molar-refractivity contribution in [1.82, 2.24) is 9.78 Å². The second-order valence-corrected chi connectivity index (χ2v) is 4.68. The van der Waals surface area contributed by atoms with Gasteiger partial charge in [-0.05, 0) is 24.6 Å². The first-order valence-electron chi connectivity index (χ1n) is 5.89. The second kappa shape index (κ2) is 5.32. The molecule has 0 unspecified atom stereocenters. The van der Waals surface area contributed by atoms with Gasteiger partial charge in [0.15, 0.2) is 0 Å². The van der Waals surface area contributed by atoms with E-state index < -0.39 is 0 Å². The highest BCUT2D eigenvalue weighted by molar-refractivity contribution is 6.31. The van der Waals surface area contributed by atoms with E-state index in [-0.39, 0.29) is 5.91 Å². The molecule has 3 N–H and O–H groups in total. The molecule has 1 aromatic heterocycles. The van der Waals surface area contributed by atoms with Crippen LogP contribution in [-0.2, 0) is 13.5 Å². The summed E-state index contributed by atoms with van der Waals surface area (Å²) in [5.74, 6) is -0.253. The maximum absolute atomic E-state index is 12.1. The monoisotopic (exact) mass is 278 g/mol. The van der Waals surface area contributed by atoms with Crippen LogP contribution in [0.15, 0.2) is 24.4 Å². The molecular weight excluding hydrogens is 264 g/mol. The van der Waals surface area contributed by atoms with Crippen LogP contribution in [0.5, 0.6) is 0 Å². The van der Waals surface area contributed by atoms with Gasteiger partial charge in [-0.15, -0.1) is 0 Å². The zero-order chi connectivity index (χ0) is 14.0. The predicted molar refractivity (Wildman–Crippen MR) is 76.4 cm³/mol. The number of amides is 1. The Balaban J connectivity index is 2.25. The van der Waals surface area contributed by atoms with Gasteiger partial charge in [0.25, 0.3) is 5.91 Å². The van der Waals surface area contributed by atoms with E-state index in [1.165, 1.54) is 0 Å². The average Bonchev–Trinajstić information content (AvgIpc) is 2.68. The number of carbonyl (C=O) groups excluding carboxylic acids is 1. The standard InChI is InChI=1S/C13H15ClN4O/c1-3-11-12(7-18(2)17-11)16-13(19)8-4-9(14)6-10(15)5-8/h4-7H,3,15H2,1-2H3,(H,16,19). The van der Waals surface area contributed by atoms with E-state index >= 15 is 0 Å². The Morgan fingerprint density at radius 1 is 1.47 bits per heavy atom. The summed E-state index contributed by atoms with van der Waals surface area (Å²) in [4.78, 5) is 12.1. The van der Waals surface area contributed by atoms with Crippen LogP contribution < -0.4 is 11.1 Å². The van der Waals surface area contributed by atoms with Crippen molar-refractivity contribution in [1.29, 1.82) is 0 Å². The van der Waals surface area contributed by atoms with Crippen LogP contribution >= 0.6 is 11.6 Å². The van der Waals surface area contributed by atoms with Gasteiger partial charge in [0, 0.05) is 29.5 Å². The molecule has 0 aliphatic rings. The molecule has 6 heteroatoms. The number of nitrogens with two attached hydrogens (primary N) is 1. The Morgan fingerprint density at radius 2 is 2.21 bits per heavy atom. The highest BCUT2D eigenvalue weighted by Gasteiger charge is 2.12. The number of aromatic nitrogens is 2. The number of rotatable bonds is 3. The van der Waals surface area contributed by atoms with Crippen LogP contribution in [-0.4, -0.2) is 15.7 Å². The van der Waals surface area contributed by atoms with Gasteiger partial charge in [0.05, 0.1) is 11.4 Å². The summed E-state index contributed by atoms with van der Waals surface area (Å²) in [6, 6.07) is 4.76. The van der Waals surface area contributed by atoms with Gasteiger partial charge in [0.1, 0.15) is 0 Å². The number of hydrogen-bond acceptors (Lipinski definition) is 3. The lowest BCUT2D eigenvalue weighted by Crippen LogP contribution is -2.13. The van der Waals surface area contributed by atoms with Crippen LogP contribution in [0.3, 0.4) is 0 Å². The normalized spacial score (nSPS) is 10.5. The molecule has 0 saturated heterocycles. The molecule has 100 valence electrons. The van der Waals surface area contributed by atoms with Gasteiger partial charge in [0.2, 0.25) is 0 Å². The van der Waals surface area contributed by atoms with E-state index in [0.717, 1.165) is 12.1 Å².